The zero-order valence-corrected chi connectivity index (χ0v) is 15.5. The van der Waals surface area contributed by atoms with Gasteiger partial charge in [0, 0.05) is 12.7 Å². The van der Waals surface area contributed by atoms with Gasteiger partial charge in [-0.2, -0.15) is 0 Å². The molecule has 3 nitrogen and oxygen atoms in total. The molecule has 25 heavy (non-hydrogen) atoms. The van der Waals surface area contributed by atoms with Crippen LogP contribution in [0.2, 0.25) is 0 Å². The van der Waals surface area contributed by atoms with Gasteiger partial charge in [0.2, 0.25) is 0 Å². The lowest BCUT2D eigenvalue weighted by molar-refractivity contribution is 0.366. The summed E-state index contributed by atoms with van der Waals surface area (Å²) in [5.74, 6) is -0.304. The molecule has 1 aliphatic heterocycles. The fourth-order valence-electron chi connectivity index (χ4n) is 3.04. The van der Waals surface area contributed by atoms with E-state index in [0.29, 0.717) is 13.0 Å². The van der Waals surface area contributed by atoms with Crippen LogP contribution in [-0.2, 0) is 10.0 Å². The van der Waals surface area contributed by atoms with Crippen molar-refractivity contribution in [1.82, 2.24) is 4.31 Å². The summed E-state index contributed by atoms with van der Waals surface area (Å²) >= 11 is 0. The summed E-state index contributed by atoms with van der Waals surface area (Å²) < 4.78 is 40.6. The Morgan fingerprint density at radius 2 is 1.60 bits per heavy atom. The second-order valence-electron chi connectivity index (χ2n) is 7.11. The molecule has 1 aliphatic rings. The van der Waals surface area contributed by atoms with E-state index in [1.807, 2.05) is 6.92 Å². The van der Waals surface area contributed by atoms with Crippen molar-refractivity contribution in [3.8, 4) is 0 Å². The lowest BCUT2D eigenvalue weighted by Crippen LogP contribution is -2.35. The van der Waals surface area contributed by atoms with Gasteiger partial charge in [-0.1, -0.05) is 43.7 Å². The normalized spacial score (nSPS) is 17.3. The largest absolute Gasteiger partial charge is 0.273 e. The first-order chi connectivity index (χ1) is 11.7. The lowest BCUT2D eigenvalue weighted by Gasteiger charge is -2.37. The highest BCUT2D eigenvalue weighted by Crippen LogP contribution is 2.42. The van der Waals surface area contributed by atoms with Gasteiger partial charge in [0.05, 0.1) is 4.90 Å². The average molecular weight is 359 g/mol. The number of benzene rings is 2. The van der Waals surface area contributed by atoms with E-state index in [-0.39, 0.29) is 16.1 Å². The first-order valence-electron chi connectivity index (χ1n) is 8.27. The molecule has 0 radical (unpaired) electrons. The third-order valence-corrected chi connectivity index (χ3v) is 6.52. The standard InChI is InChI=1S/C20H22FNO2S/c1-15-4-10-18(11-5-15)25(23,24)22-13-12-20(2,3)19(14-22)16-6-8-17(21)9-7-16/h4-11,14H,12-13H2,1-3H3. The molecule has 0 N–H and O–H groups in total. The van der Waals surface area contributed by atoms with Crippen LogP contribution in [0.15, 0.2) is 59.6 Å². The summed E-state index contributed by atoms with van der Waals surface area (Å²) in [7, 11) is -3.60. The molecule has 3 rings (SSSR count). The molecule has 0 aromatic heterocycles. The Morgan fingerprint density at radius 3 is 2.20 bits per heavy atom. The van der Waals surface area contributed by atoms with Crippen molar-refractivity contribution >= 4 is 15.6 Å². The van der Waals surface area contributed by atoms with E-state index in [1.165, 1.54) is 16.4 Å². The number of hydrogen-bond donors (Lipinski definition) is 0. The Labute approximate surface area is 148 Å². The van der Waals surface area contributed by atoms with Crippen molar-refractivity contribution in [2.75, 3.05) is 6.54 Å². The molecule has 0 bridgehead atoms. The molecule has 0 aliphatic carbocycles. The van der Waals surface area contributed by atoms with Crippen molar-refractivity contribution in [3.63, 3.8) is 0 Å². The Balaban J connectivity index is 2.04. The van der Waals surface area contributed by atoms with Crippen LogP contribution in [0.25, 0.3) is 5.57 Å². The van der Waals surface area contributed by atoms with Gasteiger partial charge >= 0.3 is 0 Å². The van der Waals surface area contributed by atoms with Gasteiger partial charge in [-0.25, -0.2) is 12.8 Å². The fraction of sp³-hybridized carbons (Fsp3) is 0.300. The molecule has 0 fully saturated rings. The highest BCUT2D eigenvalue weighted by Gasteiger charge is 2.34. The zero-order chi connectivity index (χ0) is 18.2. The molecule has 2 aromatic rings. The lowest BCUT2D eigenvalue weighted by atomic mass is 9.76. The van der Waals surface area contributed by atoms with Gasteiger partial charge < -0.3 is 0 Å². The van der Waals surface area contributed by atoms with Crippen molar-refractivity contribution in [3.05, 3.63) is 71.7 Å². The molecule has 1 heterocycles. The zero-order valence-electron chi connectivity index (χ0n) is 14.7. The molecule has 0 atom stereocenters. The molecular formula is C20H22FNO2S. The Morgan fingerprint density at radius 1 is 1.00 bits per heavy atom. The number of sulfonamides is 1. The maximum Gasteiger partial charge on any atom is 0.263 e. The number of aryl methyl sites for hydroxylation is 1. The van der Waals surface area contributed by atoms with Crippen molar-refractivity contribution in [2.24, 2.45) is 5.41 Å². The monoisotopic (exact) mass is 359 g/mol. The SMILES string of the molecule is Cc1ccc(S(=O)(=O)N2C=C(c3ccc(F)cc3)C(C)(C)CC2)cc1. The fourth-order valence-corrected chi connectivity index (χ4v) is 4.36. The second-order valence-corrected chi connectivity index (χ2v) is 9.00. The van der Waals surface area contributed by atoms with Gasteiger partial charge in [0.15, 0.2) is 0 Å². The van der Waals surface area contributed by atoms with E-state index in [9.17, 15) is 12.8 Å². The molecular weight excluding hydrogens is 337 g/mol. The highest BCUT2D eigenvalue weighted by molar-refractivity contribution is 7.89. The summed E-state index contributed by atoms with van der Waals surface area (Å²) in [6, 6.07) is 13.1. The minimum atomic E-state index is -3.60. The summed E-state index contributed by atoms with van der Waals surface area (Å²) in [6.07, 6.45) is 2.40. The van der Waals surface area contributed by atoms with Gasteiger partial charge in [-0.15, -0.1) is 0 Å². The number of hydrogen-bond acceptors (Lipinski definition) is 2. The van der Waals surface area contributed by atoms with Crippen LogP contribution in [0, 0.1) is 18.2 Å². The van der Waals surface area contributed by atoms with E-state index in [0.717, 1.165) is 16.7 Å². The topological polar surface area (TPSA) is 37.4 Å². The Hall–Kier alpha value is -2.14. The number of nitrogens with zero attached hydrogens (tertiary/aromatic N) is 1. The average Bonchev–Trinajstić information content (AvgIpc) is 2.56. The molecule has 5 heteroatoms. The van der Waals surface area contributed by atoms with Crippen LogP contribution < -0.4 is 0 Å². The summed E-state index contributed by atoms with van der Waals surface area (Å²) in [4.78, 5) is 0.285. The van der Waals surface area contributed by atoms with E-state index >= 15 is 0 Å². The van der Waals surface area contributed by atoms with Crippen LogP contribution in [-0.4, -0.2) is 19.3 Å². The quantitative estimate of drug-likeness (QED) is 0.803. The smallest absolute Gasteiger partial charge is 0.263 e. The van der Waals surface area contributed by atoms with E-state index < -0.39 is 10.0 Å². The van der Waals surface area contributed by atoms with E-state index in [2.05, 4.69) is 13.8 Å². The van der Waals surface area contributed by atoms with Crippen LogP contribution >= 0.6 is 0 Å². The maximum atomic E-state index is 13.2. The maximum absolute atomic E-state index is 13.2. The third kappa shape index (κ3) is 3.47. The van der Waals surface area contributed by atoms with Gasteiger partial charge in [-0.3, -0.25) is 4.31 Å². The third-order valence-electron chi connectivity index (χ3n) is 4.74. The molecule has 0 spiro atoms. The van der Waals surface area contributed by atoms with Crippen molar-refractivity contribution in [1.29, 1.82) is 0 Å². The van der Waals surface area contributed by atoms with Crippen LogP contribution in [0.1, 0.15) is 31.4 Å². The number of rotatable bonds is 3. The molecule has 132 valence electrons. The first-order valence-corrected chi connectivity index (χ1v) is 9.71. The minimum absolute atomic E-state index is 0.183. The summed E-state index contributed by atoms with van der Waals surface area (Å²) in [6.45, 7) is 6.51. The van der Waals surface area contributed by atoms with Crippen molar-refractivity contribution < 1.29 is 12.8 Å². The van der Waals surface area contributed by atoms with Gasteiger partial charge in [0.1, 0.15) is 5.82 Å². The number of allylic oxidation sites excluding steroid dienone is 1. The van der Waals surface area contributed by atoms with Gasteiger partial charge in [-0.05, 0) is 54.2 Å². The molecule has 0 saturated carbocycles. The highest BCUT2D eigenvalue weighted by atomic mass is 32.2. The van der Waals surface area contributed by atoms with Crippen LogP contribution in [0.4, 0.5) is 4.39 Å². The van der Waals surface area contributed by atoms with E-state index in [1.54, 1.807) is 42.6 Å². The number of halogens is 1. The van der Waals surface area contributed by atoms with Crippen LogP contribution in [0.3, 0.4) is 0 Å². The summed E-state index contributed by atoms with van der Waals surface area (Å²) in [5.41, 5.74) is 2.57. The molecule has 2 aromatic carbocycles. The van der Waals surface area contributed by atoms with Crippen molar-refractivity contribution in [2.45, 2.75) is 32.1 Å². The molecule has 0 amide bonds. The van der Waals surface area contributed by atoms with Gasteiger partial charge in [0.25, 0.3) is 10.0 Å². The predicted molar refractivity (Wildman–Crippen MR) is 97.8 cm³/mol. The minimum Gasteiger partial charge on any atom is -0.273 e. The predicted octanol–water partition coefficient (Wildman–Crippen LogP) is 4.60. The molecule has 0 saturated heterocycles. The Bertz CT molecular complexity index is 898. The molecule has 0 unspecified atom stereocenters. The van der Waals surface area contributed by atoms with E-state index in [4.69, 9.17) is 0 Å². The summed E-state index contributed by atoms with van der Waals surface area (Å²) in [5, 5.41) is 0. The second kappa shape index (κ2) is 6.30. The first kappa shape index (κ1) is 17.7. The van der Waals surface area contributed by atoms with Crippen LogP contribution in [0.5, 0.6) is 0 Å². The Kier molecular flexibility index (Phi) is 4.45.